The van der Waals surface area contributed by atoms with Gasteiger partial charge in [-0.05, 0) is 58.7 Å². The Morgan fingerprint density at radius 2 is 1.81 bits per heavy atom. The van der Waals surface area contributed by atoms with Crippen LogP contribution < -0.4 is 4.83 Å². The van der Waals surface area contributed by atoms with Gasteiger partial charge in [0, 0.05) is 22.1 Å². The van der Waals surface area contributed by atoms with Crippen molar-refractivity contribution in [2.24, 2.45) is 10.5 Å². The standard InChI is InChI=1S/C14H17IN2O3S/c1-14(2)8-11(7-12(18)9-14)16-17-21(19,20)13-5-3-10(15)4-6-13/h3-6,17H,7-9H2,1-2H3. The van der Waals surface area contributed by atoms with Crippen LogP contribution in [0.1, 0.15) is 33.1 Å². The van der Waals surface area contributed by atoms with Crippen LogP contribution in [0.15, 0.2) is 34.3 Å². The van der Waals surface area contributed by atoms with E-state index < -0.39 is 10.0 Å². The predicted molar refractivity (Wildman–Crippen MR) is 89.6 cm³/mol. The van der Waals surface area contributed by atoms with Gasteiger partial charge < -0.3 is 0 Å². The fourth-order valence-electron chi connectivity index (χ4n) is 2.37. The van der Waals surface area contributed by atoms with Crippen molar-refractivity contribution < 1.29 is 13.2 Å². The highest BCUT2D eigenvalue weighted by Crippen LogP contribution is 2.31. The lowest BCUT2D eigenvalue weighted by Crippen LogP contribution is -2.31. The summed E-state index contributed by atoms with van der Waals surface area (Å²) in [6, 6.07) is 6.49. The third-order valence-electron chi connectivity index (χ3n) is 3.21. The van der Waals surface area contributed by atoms with Gasteiger partial charge in [0.05, 0.1) is 4.90 Å². The Labute approximate surface area is 138 Å². The van der Waals surface area contributed by atoms with Crippen LogP contribution in [0.3, 0.4) is 0 Å². The van der Waals surface area contributed by atoms with Crippen LogP contribution in [-0.2, 0) is 14.8 Å². The lowest BCUT2D eigenvalue weighted by molar-refractivity contribution is -0.120. The number of Topliss-reactive ketones (excluding diaryl/α,β-unsaturated/α-hetero) is 1. The van der Waals surface area contributed by atoms with E-state index in [1.807, 2.05) is 13.8 Å². The van der Waals surface area contributed by atoms with Crippen molar-refractivity contribution in [3.8, 4) is 0 Å². The molecule has 21 heavy (non-hydrogen) atoms. The summed E-state index contributed by atoms with van der Waals surface area (Å²) in [6.45, 7) is 3.96. The molecule has 2 rings (SSSR count). The number of halogens is 1. The number of hydrazone groups is 1. The number of hydrogen-bond acceptors (Lipinski definition) is 4. The lowest BCUT2D eigenvalue weighted by Gasteiger charge is -2.29. The predicted octanol–water partition coefficient (Wildman–Crippen LogP) is 2.70. The van der Waals surface area contributed by atoms with Crippen molar-refractivity contribution in [3.63, 3.8) is 0 Å². The molecule has 0 bridgehead atoms. The number of rotatable bonds is 3. The van der Waals surface area contributed by atoms with Crippen LogP contribution in [0.25, 0.3) is 0 Å². The molecule has 1 aromatic carbocycles. The molecule has 7 heteroatoms. The van der Waals surface area contributed by atoms with E-state index in [-0.39, 0.29) is 22.5 Å². The third-order valence-corrected chi connectivity index (χ3v) is 5.15. The summed E-state index contributed by atoms with van der Waals surface area (Å²) in [5.41, 5.74) is 0.424. The van der Waals surface area contributed by atoms with E-state index in [1.54, 1.807) is 12.1 Å². The first kappa shape index (κ1) is 16.4. The number of sulfonamides is 1. The molecule has 0 aromatic heterocycles. The van der Waals surface area contributed by atoms with Gasteiger partial charge in [-0.3, -0.25) is 4.79 Å². The number of carbonyl (C=O) groups is 1. The van der Waals surface area contributed by atoms with Crippen LogP contribution in [0.2, 0.25) is 0 Å². The molecule has 5 nitrogen and oxygen atoms in total. The summed E-state index contributed by atoms with van der Waals surface area (Å²) in [6.07, 6.45) is 1.35. The number of ketones is 1. The van der Waals surface area contributed by atoms with Gasteiger partial charge in [0.1, 0.15) is 5.78 Å². The molecular formula is C14H17IN2O3S. The largest absolute Gasteiger partial charge is 0.299 e. The molecule has 0 atom stereocenters. The van der Waals surface area contributed by atoms with E-state index in [1.165, 1.54) is 12.1 Å². The van der Waals surface area contributed by atoms with Gasteiger partial charge >= 0.3 is 0 Å². The molecule has 1 fully saturated rings. The highest BCUT2D eigenvalue weighted by atomic mass is 127. The number of benzene rings is 1. The minimum atomic E-state index is -3.68. The molecule has 1 aliphatic carbocycles. The summed E-state index contributed by atoms with van der Waals surface area (Å²) >= 11 is 2.11. The summed E-state index contributed by atoms with van der Waals surface area (Å²) in [7, 11) is -3.68. The average molecular weight is 420 g/mol. The van der Waals surface area contributed by atoms with Crippen LogP contribution in [0.5, 0.6) is 0 Å². The Kier molecular flexibility index (Phi) is 4.72. The normalized spacial score (nSPS) is 20.5. The fourth-order valence-corrected chi connectivity index (χ4v) is 3.58. The maximum absolute atomic E-state index is 12.1. The van der Waals surface area contributed by atoms with Gasteiger partial charge in [0.15, 0.2) is 0 Å². The smallest absolute Gasteiger partial charge is 0.276 e. The summed E-state index contributed by atoms with van der Waals surface area (Å²) < 4.78 is 25.2. The SMILES string of the molecule is CC1(C)CC(=O)CC(=NNS(=O)(=O)c2ccc(I)cc2)C1. The van der Waals surface area contributed by atoms with E-state index in [4.69, 9.17) is 0 Å². The lowest BCUT2D eigenvalue weighted by atomic mass is 9.76. The van der Waals surface area contributed by atoms with E-state index >= 15 is 0 Å². The van der Waals surface area contributed by atoms with Gasteiger partial charge in [0.25, 0.3) is 10.0 Å². The Morgan fingerprint density at radius 1 is 1.19 bits per heavy atom. The van der Waals surface area contributed by atoms with Gasteiger partial charge in [-0.25, -0.2) is 4.83 Å². The first-order valence-electron chi connectivity index (χ1n) is 6.52. The first-order chi connectivity index (χ1) is 9.68. The molecular weight excluding hydrogens is 403 g/mol. The quantitative estimate of drug-likeness (QED) is 0.604. The maximum Gasteiger partial charge on any atom is 0.276 e. The highest BCUT2D eigenvalue weighted by Gasteiger charge is 2.30. The first-order valence-corrected chi connectivity index (χ1v) is 9.09. The van der Waals surface area contributed by atoms with Gasteiger partial charge in [-0.15, -0.1) is 0 Å². The van der Waals surface area contributed by atoms with Crippen molar-refractivity contribution >= 4 is 44.1 Å². The molecule has 0 spiro atoms. The average Bonchev–Trinajstić information content (AvgIpc) is 2.35. The molecule has 1 saturated carbocycles. The Bertz CT molecular complexity index is 679. The molecule has 1 aromatic rings. The number of nitrogens with one attached hydrogen (secondary N) is 1. The van der Waals surface area contributed by atoms with E-state index in [2.05, 4.69) is 32.5 Å². The molecule has 0 amide bonds. The second kappa shape index (κ2) is 6.04. The summed E-state index contributed by atoms with van der Waals surface area (Å²) in [4.78, 5) is 14.1. The monoisotopic (exact) mass is 420 g/mol. The zero-order chi connectivity index (χ0) is 15.7. The molecule has 0 radical (unpaired) electrons. The second-order valence-corrected chi connectivity index (χ2v) is 8.87. The minimum absolute atomic E-state index is 0.0958. The second-order valence-electron chi connectivity index (χ2n) is 5.96. The van der Waals surface area contributed by atoms with Crippen LogP contribution >= 0.6 is 22.6 Å². The Balaban J connectivity index is 2.16. The molecule has 0 unspecified atom stereocenters. The molecule has 0 aliphatic heterocycles. The number of carbonyl (C=O) groups excluding carboxylic acids is 1. The van der Waals surface area contributed by atoms with E-state index in [0.29, 0.717) is 18.6 Å². The molecule has 0 saturated heterocycles. The Morgan fingerprint density at radius 3 is 2.38 bits per heavy atom. The fraction of sp³-hybridized carbons (Fsp3) is 0.429. The van der Waals surface area contributed by atoms with E-state index in [0.717, 1.165) is 3.57 Å². The Hall–Kier alpha value is -0.960. The van der Waals surface area contributed by atoms with Crippen molar-refractivity contribution in [1.29, 1.82) is 0 Å². The highest BCUT2D eigenvalue weighted by molar-refractivity contribution is 14.1. The molecule has 114 valence electrons. The van der Waals surface area contributed by atoms with Gasteiger partial charge in [-0.2, -0.15) is 13.5 Å². The molecule has 1 N–H and O–H groups in total. The number of hydrogen-bond donors (Lipinski definition) is 1. The summed E-state index contributed by atoms with van der Waals surface area (Å²) in [5.74, 6) is 0.0958. The molecule has 1 aliphatic rings. The van der Waals surface area contributed by atoms with Crippen LogP contribution in [-0.4, -0.2) is 19.9 Å². The maximum atomic E-state index is 12.1. The van der Waals surface area contributed by atoms with Crippen molar-refractivity contribution in [3.05, 3.63) is 27.8 Å². The summed E-state index contributed by atoms with van der Waals surface area (Å²) in [5, 5.41) is 3.96. The topological polar surface area (TPSA) is 75.6 Å². The van der Waals surface area contributed by atoms with Crippen molar-refractivity contribution in [2.45, 2.75) is 38.0 Å². The van der Waals surface area contributed by atoms with Crippen LogP contribution in [0.4, 0.5) is 0 Å². The van der Waals surface area contributed by atoms with Crippen LogP contribution in [0, 0.1) is 8.99 Å². The molecule has 0 heterocycles. The third kappa shape index (κ3) is 4.50. The van der Waals surface area contributed by atoms with Crippen molar-refractivity contribution in [2.75, 3.05) is 0 Å². The zero-order valence-electron chi connectivity index (χ0n) is 11.9. The van der Waals surface area contributed by atoms with Crippen molar-refractivity contribution in [1.82, 2.24) is 4.83 Å². The van der Waals surface area contributed by atoms with E-state index in [9.17, 15) is 13.2 Å². The zero-order valence-corrected chi connectivity index (χ0v) is 14.9. The van der Waals surface area contributed by atoms with Gasteiger partial charge in [0.2, 0.25) is 0 Å². The van der Waals surface area contributed by atoms with Gasteiger partial charge in [-0.1, -0.05) is 13.8 Å². The number of nitrogens with zero attached hydrogens (tertiary/aromatic N) is 1. The minimum Gasteiger partial charge on any atom is -0.299 e.